The van der Waals surface area contributed by atoms with E-state index in [4.69, 9.17) is 4.74 Å². The van der Waals surface area contributed by atoms with Crippen LogP contribution in [0.4, 0.5) is 0 Å². The zero-order valence-electron chi connectivity index (χ0n) is 20.9. The van der Waals surface area contributed by atoms with Crippen LogP contribution in [0.15, 0.2) is 42.5 Å². The van der Waals surface area contributed by atoms with E-state index in [1.54, 1.807) is 17.0 Å². The van der Waals surface area contributed by atoms with Crippen molar-refractivity contribution in [3.05, 3.63) is 64.7 Å². The number of phenols is 1. The van der Waals surface area contributed by atoms with E-state index in [0.29, 0.717) is 12.2 Å². The number of hydrogen-bond donors (Lipinski definition) is 2. The molecule has 2 N–H and O–H groups in total. The molecule has 6 rings (SSSR count). The Bertz CT molecular complexity index is 1240. The number of aryl methyl sites for hydroxylation is 1. The zero-order valence-corrected chi connectivity index (χ0v) is 20.9. The van der Waals surface area contributed by atoms with Crippen molar-refractivity contribution in [2.45, 2.75) is 62.3 Å². The van der Waals surface area contributed by atoms with Gasteiger partial charge in [0.25, 0.3) is 0 Å². The second-order valence-corrected chi connectivity index (χ2v) is 11.1. The molecular weight excluding hydrogens is 440 g/mol. The Morgan fingerprint density at radius 1 is 1.29 bits per heavy atom. The first-order valence-electron chi connectivity index (χ1n) is 12.6. The molecule has 2 bridgehead atoms. The maximum Gasteiger partial charge on any atom is 0.246 e. The fraction of sp³-hybridized carbons (Fsp3) is 0.483. The lowest BCUT2D eigenvalue weighted by molar-refractivity contribution is -0.220. The molecule has 0 radical (unpaired) electrons. The van der Waals surface area contributed by atoms with Crippen LogP contribution in [0.5, 0.6) is 11.5 Å². The Morgan fingerprint density at radius 3 is 2.86 bits per heavy atom. The number of benzene rings is 2. The Labute approximate surface area is 206 Å². The third-order valence-corrected chi connectivity index (χ3v) is 9.43. The summed E-state index contributed by atoms with van der Waals surface area (Å²) in [4.78, 5) is 17.4. The van der Waals surface area contributed by atoms with E-state index in [2.05, 4.69) is 18.9 Å². The number of hydrogen-bond acceptors (Lipinski definition) is 5. The maximum absolute atomic E-state index is 13.4. The van der Waals surface area contributed by atoms with Crippen LogP contribution in [0, 0.1) is 12.8 Å². The summed E-state index contributed by atoms with van der Waals surface area (Å²) >= 11 is 0. The molecule has 2 aromatic rings. The summed E-state index contributed by atoms with van der Waals surface area (Å²) in [5.74, 6) is 0.489. The lowest BCUT2D eigenvalue weighted by Gasteiger charge is -2.66. The quantitative estimate of drug-likeness (QED) is 0.668. The van der Waals surface area contributed by atoms with E-state index in [1.807, 2.05) is 50.4 Å². The van der Waals surface area contributed by atoms with Crippen LogP contribution < -0.4 is 4.74 Å². The molecule has 6 heteroatoms. The van der Waals surface area contributed by atoms with Gasteiger partial charge in [0.15, 0.2) is 11.5 Å². The summed E-state index contributed by atoms with van der Waals surface area (Å²) < 4.78 is 6.57. The highest BCUT2D eigenvalue weighted by molar-refractivity contribution is 5.92. The molecule has 1 amide bonds. The molecule has 4 aliphatic rings. The lowest BCUT2D eigenvalue weighted by atomic mass is 9.45. The molecule has 2 heterocycles. The molecule has 35 heavy (non-hydrogen) atoms. The summed E-state index contributed by atoms with van der Waals surface area (Å²) in [6.45, 7) is 4.99. The van der Waals surface area contributed by atoms with Gasteiger partial charge in [-0.3, -0.25) is 4.79 Å². The predicted octanol–water partition coefficient (Wildman–Crippen LogP) is 3.27. The second kappa shape index (κ2) is 7.58. The maximum atomic E-state index is 13.4. The predicted molar refractivity (Wildman–Crippen MR) is 134 cm³/mol. The number of nitrogens with zero attached hydrogens (tertiary/aromatic N) is 2. The van der Waals surface area contributed by atoms with E-state index in [-0.39, 0.29) is 29.7 Å². The standard InChI is InChI=1S/C29H34N2O4/c1-17-6-5-7-19(14-17)8-11-24(33)31(4)21-15-18(2)29(34)23-16-20-9-10-22(32)26-25(20)28(29,27(21)35-26)12-13-30(23)3/h5-11,14,18,21,23,27,32,34H,12-13,15-16H2,1-4H3/t18-,21+,23+,27-,28-,29+/m0/s1. The van der Waals surface area contributed by atoms with Gasteiger partial charge in [0.1, 0.15) is 6.10 Å². The minimum absolute atomic E-state index is 0.0245. The third kappa shape index (κ3) is 2.87. The van der Waals surface area contributed by atoms with Gasteiger partial charge in [0.2, 0.25) is 5.91 Å². The van der Waals surface area contributed by atoms with Gasteiger partial charge in [0, 0.05) is 24.7 Å². The summed E-state index contributed by atoms with van der Waals surface area (Å²) in [5, 5.41) is 23.3. The molecule has 2 aliphatic heterocycles. The van der Waals surface area contributed by atoms with E-state index in [9.17, 15) is 15.0 Å². The number of piperidine rings is 1. The molecule has 2 aliphatic carbocycles. The number of rotatable bonds is 3. The second-order valence-electron chi connectivity index (χ2n) is 11.1. The van der Waals surface area contributed by atoms with Crippen molar-refractivity contribution < 1.29 is 19.7 Å². The number of carbonyl (C=O) groups excluding carboxylic acids is 1. The summed E-state index contributed by atoms with van der Waals surface area (Å²) in [6.07, 6.45) is 5.17. The third-order valence-electron chi connectivity index (χ3n) is 9.43. The molecule has 1 saturated carbocycles. The van der Waals surface area contributed by atoms with Gasteiger partial charge in [-0.05, 0) is 69.0 Å². The summed E-state index contributed by atoms with van der Waals surface area (Å²) in [6, 6.07) is 11.5. The number of amides is 1. The van der Waals surface area contributed by atoms with Crippen LogP contribution in [-0.4, -0.2) is 70.3 Å². The Hall–Kier alpha value is -2.83. The molecule has 0 aromatic heterocycles. The van der Waals surface area contributed by atoms with Gasteiger partial charge in [-0.15, -0.1) is 0 Å². The molecular formula is C29H34N2O4. The zero-order chi connectivity index (χ0) is 24.7. The van der Waals surface area contributed by atoms with Crippen LogP contribution >= 0.6 is 0 Å². The van der Waals surface area contributed by atoms with Gasteiger partial charge in [0.05, 0.1) is 17.1 Å². The number of phenolic OH excluding ortho intramolecular Hbond substituents is 1. The first-order valence-corrected chi connectivity index (χ1v) is 12.6. The van der Waals surface area contributed by atoms with Crippen molar-refractivity contribution in [3.8, 4) is 11.5 Å². The minimum atomic E-state index is -0.992. The first kappa shape index (κ1) is 22.6. The van der Waals surface area contributed by atoms with Crippen LogP contribution in [0.2, 0.25) is 0 Å². The van der Waals surface area contributed by atoms with Gasteiger partial charge in [-0.2, -0.15) is 0 Å². The molecule has 1 spiro atoms. The molecule has 184 valence electrons. The van der Waals surface area contributed by atoms with Gasteiger partial charge in [-0.1, -0.05) is 42.8 Å². The highest BCUT2D eigenvalue weighted by Crippen LogP contribution is 2.66. The molecule has 1 saturated heterocycles. The number of likely N-dealkylation sites (N-methyl/N-ethyl adjacent to an activating group) is 2. The van der Waals surface area contributed by atoms with E-state index < -0.39 is 17.1 Å². The monoisotopic (exact) mass is 474 g/mol. The van der Waals surface area contributed by atoms with Crippen molar-refractivity contribution in [1.82, 2.24) is 9.80 Å². The Morgan fingerprint density at radius 2 is 2.09 bits per heavy atom. The van der Waals surface area contributed by atoms with Gasteiger partial charge < -0.3 is 24.7 Å². The molecule has 0 unspecified atom stereocenters. The number of likely N-dealkylation sites (tertiary alicyclic amines) is 1. The number of aliphatic hydroxyl groups is 1. The minimum Gasteiger partial charge on any atom is -0.504 e. The molecule has 6 atom stereocenters. The average molecular weight is 475 g/mol. The largest absolute Gasteiger partial charge is 0.504 e. The average Bonchev–Trinajstić information content (AvgIpc) is 3.19. The number of aromatic hydroxyl groups is 1. The Balaban J connectivity index is 1.41. The summed E-state index contributed by atoms with van der Waals surface area (Å²) in [7, 11) is 3.93. The van der Waals surface area contributed by atoms with Crippen molar-refractivity contribution >= 4 is 12.0 Å². The van der Waals surface area contributed by atoms with Crippen molar-refractivity contribution in [1.29, 1.82) is 0 Å². The fourth-order valence-corrected chi connectivity index (χ4v) is 7.74. The first-order chi connectivity index (χ1) is 16.7. The summed E-state index contributed by atoms with van der Waals surface area (Å²) in [5.41, 5.74) is 2.61. The topological polar surface area (TPSA) is 73.2 Å². The lowest BCUT2D eigenvalue weighted by Crippen LogP contribution is -2.80. The van der Waals surface area contributed by atoms with Crippen LogP contribution in [0.1, 0.15) is 42.0 Å². The van der Waals surface area contributed by atoms with Crippen molar-refractivity contribution in [2.24, 2.45) is 5.92 Å². The van der Waals surface area contributed by atoms with Gasteiger partial charge >= 0.3 is 0 Å². The molecule has 6 nitrogen and oxygen atoms in total. The SMILES string of the molecule is Cc1cccc(C=CC(=O)N(C)[C@@H]2C[C@H](C)[C@@]3(O)[C@H]4Cc5ccc(O)c6c5[C@@]3(CCN4C)[C@H]2O6)c1. The number of carbonyl (C=O) groups is 1. The van der Waals surface area contributed by atoms with Gasteiger partial charge in [-0.25, -0.2) is 0 Å². The highest BCUT2D eigenvalue weighted by atomic mass is 16.5. The van der Waals surface area contributed by atoms with Crippen LogP contribution in [0.3, 0.4) is 0 Å². The van der Waals surface area contributed by atoms with Crippen molar-refractivity contribution in [2.75, 3.05) is 20.6 Å². The van der Waals surface area contributed by atoms with Crippen LogP contribution in [-0.2, 0) is 16.6 Å². The van der Waals surface area contributed by atoms with Crippen molar-refractivity contribution in [3.63, 3.8) is 0 Å². The van der Waals surface area contributed by atoms with E-state index in [1.165, 1.54) is 0 Å². The van der Waals surface area contributed by atoms with E-state index in [0.717, 1.165) is 41.6 Å². The van der Waals surface area contributed by atoms with E-state index >= 15 is 0 Å². The fourth-order valence-electron chi connectivity index (χ4n) is 7.74. The number of ether oxygens (including phenoxy) is 1. The highest BCUT2D eigenvalue weighted by Gasteiger charge is 2.75. The normalized spacial score (nSPS) is 35.0. The van der Waals surface area contributed by atoms with Crippen LogP contribution in [0.25, 0.3) is 6.08 Å². The smallest absolute Gasteiger partial charge is 0.246 e. The Kier molecular flexibility index (Phi) is 4.90. The molecule has 2 fully saturated rings. The molecule has 2 aromatic carbocycles.